The summed E-state index contributed by atoms with van der Waals surface area (Å²) < 4.78 is 6.89. The average Bonchev–Trinajstić information content (AvgIpc) is 3.25. The van der Waals surface area contributed by atoms with Gasteiger partial charge in [0.05, 0.1) is 4.70 Å². The lowest BCUT2D eigenvalue weighted by Crippen LogP contribution is -2.53. The summed E-state index contributed by atoms with van der Waals surface area (Å²) >= 11 is 1.49. The van der Waals surface area contributed by atoms with Crippen LogP contribution in [0.2, 0.25) is 0 Å². The Morgan fingerprint density at radius 3 is 2.66 bits per heavy atom. The van der Waals surface area contributed by atoms with Gasteiger partial charge in [0.25, 0.3) is 5.19 Å². The van der Waals surface area contributed by atoms with Gasteiger partial charge in [0, 0.05) is 30.9 Å². The minimum atomic E-state index is -0.268. The smallest absolute Gasteiger partial charge is 0.315 e. The van der Waals surface area contributed by atoms with Gasteiger partial charge in [0.2, 0.25) is 0 Å². The topological polar surface area (TPSA) is 93.4 Å². The lowest BCUT2D eigenvalue weighted by molar-refractivity contribution is 0.138. The van der Waals surface area contributed by atoms with Crippen LogP contribution in [-0.4, -0.2) is 39.0 Å². The number of hydrogen-bond donors (Lipinski definition) is 2. The molecule has 2 bridgehead atoms. The lowest BCUT2D eigenvalue weighted by atomic mass is 9.97. The van der Waals surface area contributed by atoms with Crippen LogP contribution in [-0.2, 0) is 6.54 Å². The molecule has 1 aromatic carbocycles. The number of piperidine rings is 1. The number of nitrogens with two attached hydrogens (primary N) is 1. The molecule has 4 heterocycles. The molecule has 7 nitrogen and oxygen atoms in total. The summed E-state index contributed by atoms with van der Waals surface area (Å²) in [6.07, 6.45) is 5.83. The predicted molar refractivity (Wildman–Crippen MR) is 112 cm³/mol. The first kappa shape index (κ1) is 18.3. The van der Waals surface area contributed by atoms with Crippen LogP contribution >= 0.6 is 11.3 Å². The highest BCUT2D eigenvalue weighted by molar-refractivity contribution is 7.20. The van der Waals surface area contributed by atoms with Gasteiger partial charge in [-0.15, -0.1) is 0 Å². The maximum absolute atomic E-state index is 11.6. The summed E-state index contributed by atoms with van der Waals surface area (Å²) in [5.74, 6) is 0.764. The van der Waals surface area contributed by atoms with E-state index in [9.17, 15) is 4.79 Å². The fourth-order valence-corrected chi connectivity index (χ4v) is 5.33. The van der Waals surface area contributed by atoms with E-state index in [0.717, 1.165) is 42.7 Å². The van der Waals surface area contributed by atoms with Crippen molar-refractivity contribution in [2.24, 2.45) is 5.73 Å². The number of nitrogens with zero attached hydrogens (tertiary/aromatic N) is 3. The Bertz CT molecular complexity index is 974. The molecule has 2 fully saturated rings. The molecule has 3 aromatic rings. The van der Waals surface area contributed by atoms with Crippen molar-refractivity contribution in [3.05, 3.63) is 48.2 Å². The van der Waals surface area contributed by atoms with Gasteiger partial charge >= 0.3 is 6.03 Å². The van der Waals surface area contributed by atoms with Crippen molar-refractivity contribution in [1.82, 2.24) is 20.2 Å². The van der Waals surface area contributed by atoms with Crippen molar-refractivity contribution in [3.8, 4) is 10.9 Å². The number of carbonyl (C=O) groups is 1. The van der Waals surface area contributed by atoms with Gasteiger partial charge in [0.15, 0.2) is 5.65 Å². The molecule has 29 heavy (non-hydrogen) atoms. The summed E-state index contributed by atoms with van der Waals surface area (Å²) in [6, 6.07) is 12.7. The Labute approximate surface area is 172 Å². The summed E-state index contributed by atoms with van der Waals surface area (Å²) in [7, 11) is 0. The van der Waals surface area contributed by atoms with Gasteiger partial charge < -0.3 is 20.7 Å². The summed E-state index contributed by atoms with van der Waals surface area (Å²) in [4.78, 5) is 22.2. The molecule has 2 aromatic heterocycles. The van der Waals surface area contributed by atoms with Crippen molar-refractivity contribution < 1.29 is 9.53 Å². The van der Waals surface area contributed by atoms with Crippen molar-refractivity contribution >= 4 is 27.7 Å². The van der Waals surface area contributed by atoms with E-state index in [4.69, 9.17) is 10.5 Å². The standard InChI is InChI=1S/C21H23N5O2S/c22-20(27)26-15-5-6-16(26)11-14(10-15)24-12-13-3-7-17(8-4-13)28-21-25-19-18(29-21)2-1-9-23-19/h1-4,7-9,14-16,24H,5-6,10-12H2,(H2,22,27)/t14-,15-,16+. The Hall–Kier alpha value is -2.71. The molecule has 0 unspecified atom stereocenters. The van der Waals surface area contributed by atoms with E-state index in [1.807, 2.05) is 29.2 Å². The molecule has 5 rings (SSSR count). The molecule has 8 heteroatoms. The molecule has 2 amide bonds. The first-order valence-corrected chi connectivity index (χ1v) is 10.8. The second kappa shape index (κ2) is 7.61. The predicted octanol–water partition coefficient (Wildman–Crippen LogP) is 3.65. The second-order valence-electron chi connectivity index (χ2n) is 7.73. The van der Waals surface area contributed by atoms with E-state index in [1.54, 1.807) is 6.20 Å². The molecule has 150 valence electrons. The highest BCUT2D eigenvalue weighted by Crippen LogP contribution is 2.35. The van der Waals surface area contributed by atoms with Crippen molar-refractivity contribution in [1.29, 1.82) is 0 Å². The minimum Gasteiger partial charge on any atom is -0.431 e. The third-order valence-corrected chi connectivity index (χ3v) is 6.74. The Morgan fingerprint density at radius 1 is 1.21 bits per heavy atom. The van der Waals surface area contributed by atoms with Gasteiger partial charge in [-0.1, -0.05) is 23.5 Å². The van der Waals surface area contributed by atoms with Gasteiger partial charge in [-0.3, -0.25) is 0 Å². The van der Waals surface area contributed by atoms with Gasteiger partial charge in [-0.2, -0.15) is 4.98 Å². The number of hydrogen-bond acceptors (Lipinski definition) is 6. The van der Waals surface area contributed by atoms with Crippen LogP contribution in [0.3, 0.4) is 0 Å². The van der Waals surface area contributed by atoms with Gasteiger partial charge in [-0.25, -0.2) is 9.78 Å². The van der Waals surface area contributed by atoms with Crippen LogP contribution in [0.5, 0.6) is 10.9 Å². The number of fused-ring (bicyclic) bond motifs is 3. The van der Waals surface area contributed by atoms with Crippen LogP contribution in [0.4, 0.5) is 4.79 Å². The van der Waals surface area contributed by atoms with Crippen LogP contribution in [0.25, 0.3) is 10.3 Å². The highest BCUT2D eigenvalue weighted by Gasteiger charge is 2.42. The van der Waals surface area contributed by atoms with Crippen LogP contribution < -0.4 is 15.8 Å². The zero-order valence-electron chi connectivity index (χ0n) is 16.0. The van der Waals surface area contributed by atoms with E-state index >= 15 is 0 Å². The SMILES string of the molecule is NC(=O)N1[C@@H]2CC[C@H]1C[C@H](NCc1ccc(Oc3nc4ncccc4s3)cc1)C2. The number of thiazole rings is 1. The van der Waals surface area contributed by atoms with Crippen LogP contribution in [0.15, 0.2) is 42.6 Å². The van der Waals surface area contributed by atoms with Crippen molar-refractivity contribution in [2.45, 2.75) is 50.4 Å². The van der Waals surface area contributed by atoms with Crippen molar-refractivity contribution in [3.63, 3.8) is 0 Å². The Morgan fingerprint density at radius 2 is 1.97 bits per heavy atom. The van der Waals surface area contributed by atoms with Crippen molar-refractivity contribution in [2.75, 3.05) is 0 Å². The molecule has 0 saturated carbocycles. The number of primary amides is 1. The maximum atomic E-state index is 11.6. The third kappa shape index (κ3) is 3.77. The molecule has 2 aliphatic heterocycles. The quantitative estimate of drug-likeness (QED) is 0.671. The first-order valence-electron chi connectivity index (χ1n) is 9.95. The number of carbonyl (C=O) groups excluding carboxylic acids is 1. The lowest BCUT2D eigenvalue weighted by Gasteiger charge is -2.38. The molecule has 0 radical (unpaired) electrons. The number of nitrogens with one attached hydrogen (secondary N) is 1. The Balaban J connectivity index is 1.17. The first-order chi connectivity index (χ1) is 14.2. The fraction of sp³-hybridized carbons (Fsp3) is 0.381. The van der Waals surface area contributed by atoms with E-state index in [1.165, 1.54) is 16.9 Å². The summed E-state index contributed by atoms with van der Waals surface area (Å²) in [5, 5.41) is 4.25. The molecule has 2 aliphatic rings. The molecule has 0 aliphatic carbocycles. The third-order valence-electron chi connectivity index (χ3n) is 5.86. The second-order valence-corrected chi connectivity index (χ2v) is 8.72. The summed E-state index contributed by atoms with van der Waals surface area (Å²) in [5.41, 5.74) is 7.45. The zero-order chi connectivity index (χ0) is 19.8. The van der Waals surface area contributed by atoms with E-state index in [0.29, 0.717) is 29.0 Å². The molecule has 2 saturated heterocycles. The minimum absolute atomic E-state index is 0.268. The largest absolute Gasteiger partial charge is 0.431 e. The molecule has 0 spiro atoms. The average molecular weight is 410 g/mol. The Kier molecular flexibility index (Phi) is 4.81. The number of rotatable bonds is 5. The molecule has 3 N–H and O–H groups in total. The maximum Gasteiger partial charge on any atom is 0.315 e. The number of aromatic nitrogens is 2. The van der Waals surface area contributed by atoms with E-state index in [2.05, 4.69) is 27.4 Å². The molecular weight excluding hydrogens is 386 g/mol. The number of urea groups is 1. The zero-order valence-corrected chi connectivity index (χ0v) is 16.8. The molecule has 3 atom stereocenters. The van der Waals surface area contributed by atoms with Gasteiger partial charge in [-0.05, 0) is 55.5 Å². The summed E-state index contributed by atoms with van der Waals surface area (Å²) in [6.45, 7) is 0.798. The van der Waals surface area contributed by atoms with Gasteiger partial charge in [0.1, 0.15) is 5.75 Å². The van der Waals surface area contributed by atoms with E-state index in [-0.39, 0.29) is 6.03 Å². The molecular formula is C21H23N5O2S. The monoisotopic (exact) mass is 409 g/mol. The number of benzene rings is 1. The van der Waals surface area contributed by atoms with E-state index < -0.39 is 0 Å². The number of amides is 2. The van der Waals surface area contributed by atoms with Crippen LogP contribution in [0.1, 0.15) is 31.2 Å². The number of pyridine rings is 1. The normalized spacial score (nSPS) is 23.4. The number of ether oxygens (including phenoxy) is 1. The highest BCUT2D eigenvalue weighted by atomic mass is 32.1. The van der Waals surface area contributed by atoms with Crippen LogP contribution in [0, 0.1) is 0 Å². The fourth-order valence-electron chi connectivity index (χ4n) is 4.53.